The molecular weight excluding hydrogens is 356 g/mol. The number of carbonyl (C=O) groups is 2. The molecule has 1 fully saturated rings. The summed E-state index contributed by atoms with van der Waals surface area (Å²) in [5.41, 5.74) is 2.58. The Balaban J connectivity index is 1.99. The van der Waals surface area contributed by atoms with Crippen molar-refractivity contribution in [3.8, 4) is 0 Å². The first kappa shape index (κ1) is 21.5. The predicted molar refractivity (Wildman–Crippen MR) is 106 cm³/mol. The summed E-state index contributed by atoms with van der Waals surface area (Å²) in [6.07, 6.45) is 5.82. The first-order valence-corrected chi connectivity index (χ1v) is 10.8. The van der Waals surface area contributed by atoms with Gasteiger partial charge in [-0.15, -0.1) is 0 Å². The second-order valence-electron chi connectivity index (χ2n) is 9.69. The molecule has 5 heteroatoms. The molecule has 28 heavy (non-hydrogen) atoms. The van der Waals surface area contributed by atoms with E-state index in [9.17, 15) is 19.8 Å². The Morgan fingerprint density at radius 1 is 1.21 bits per heavy atom. The van der Waals surface area contributed by atoms with Gasteiger partial charge in [0.25, 0.3) is 0 Å². The molecule has 0 spiro atoms. The maximum Gasteiger partial charge on any atom is 0.305 e. The molecule has 6 atom stereocenters. The van der Waals surface area contributed by atoms with Crippen molar-refractivity contribution in [3.63, 3.8) is 0 Å². The molecule has 0 bridgehead atoms. The lowest BCUT2D eigenvalue weighted by atomic mass is 9.52. The lowest BCUT2D eigenvalue weighted by Crippen LogP contribution is -2.47. The molecule has 0 heterocycles. The molecule has 158 valence electrons. The van der Waals surface area contributed by atoms with Crippen LogP contribution < -0.4 is 0 Å². The lowest BCUT2D eigenvalue weighted by Gasteiger charge is -2.53. The SMILES string of the molecule is COC(=O)CCC1(C)C2=C(CCC1C(O)CO)C1CCC(C(C)=O)C1(C)CC2. The van der Waals surface area contributed by atoms with Crippen LogP contribution in [-0.4, -0.2) is 41.8 Å². The van der Waals surface area contributed by atoms with Crippen LogP contribution in [-0.2, 0) is 14.3 Å². The minimum Gasteiger partial charge on any atom is -0.469 e. The summed E-state index contributed by atoms with van der Waals surface area (Å²) in [5, 5.41) is 20.2. The molecule has 2 N–H and O–H groups in total. The maximum absolute atomic E-state index is 12.3. The number of Topliss-reactive ketones (excluding diaryl/α,β-unsaturated/α-hetero) is 1. The van der Waals surface area contributed by atoms with Crippen molar-refractivity contribution in [2.75, 3.05) is 13.7 Å². The summed E-state index contributed by atoms with van der Waals surface area (Å²) < 4.78 is 4.87. The number of ketones is 1. The summed E-state index contributed by atoms with van der Waals surface area (Å²) in [5.74, 6) is 0.593. The number of rotatable bonds is 6. The maximum atomic E-state index is 12.3. The van der Waals surface area contributed by atoms with Gasteiger partial charge in [-0.1, -0.05) is 25.0 Å². The van der Waals surface area contributed by atoms with Crippen molar-refractivity contribution >= 4 is 11.8 Å². The number of esters is 1. The van der Waals surface area contributed by atoms with Crippen molar-refractivity contribution in [1.82, 2.24) is 0 Å². The third-order valence-electron chi connectivity index (χ3n) is 8.51. The third-order valence-corrected chi connectivity index (χ3v) is 8.51. The standard InChI is InChI=1S/C23H36O5/c1-14(25)16-7-8-17-15-5-6-19(20(26)13-24)23(3,12-10-21(27)28-4)18(15)9-11-22(16,17)2/h16-17,19-20,24,26H,5-13H2,1-4H3. The molecule has 3 aliphatic rings. The molecule has 0 aromatic heterocycles. The Hall–Kier alpha value is -1.20. The zero-order valence-corrected chi connectivity index (χ0v) is 17.8. The summed E-state index contributed by atoms with van der Waals surface area (Å²) in [6.45, 7) is 5.93. The molecular formula is C23H36O5. The largest absolute Gasteiger partial charge is 0.469 e. The normalized spacial score (nSPS) is 38.6. The van der Waals surface area contributed by atoms with E-state index in [1.807, 2.05) is 0 Å². The van der Waals surface area contributed by atoms with Crippen LogP contribution in [0.2, 0.25) is 0 Å². The highest BCUT2D eigenvalue weighted by molar-refractivity contribution is 5.79. The highest BCUT2D eigenvalue weighted by Gasteiger charge is 2.56. The molecule has 0 radical (unpaired) electrons. The molecule has 1 saturated carbocycles. The monoisotopic (exact) mass is 392 g/mol. The molecule has 0 aromatic rings. The van der Waals surface area contributed by atoms with Crippen LogP contribution in [0.5, 0.6) is 0 Å². The topological polar surface area (TPSA) is 83.8 Å². The van der Waals surface area contributed by atoms with Gasteiger partial charge in [-0.25, -0.2) is 0 Å². The van der Waals surface area contributed by atoms with E-state index < -0.39 is 6.10 Å². The summed E-state index contributed by atoms with van der Waals surface area (Å²) >= 11 is 0. The number of aliphatic hydroxyl groups is 2. The van der Waals surface area contributed by atoms with Crippen LogP contribution in [0.3, 0.4) is 0 Å². The average Bonchev–Trinajstić information content (AvgIpc) is 3.03. The van der Waals surface area contributed by atoms with Crippen LogP contribution >= 0.6 is 0 Å². The van der Waals surface area contributed by atoms with Crippen LogP contribution in [0.25, 0.3) is 0 Å². The molecule has 5 nitrogen and oxygen atoms in total. The van der Waals surface area contributed by atoms with Crippen LogP contribution in [0.4, 0.5) is 0 Å². The zero-order valence-electron chi connectivity index (χ0n) is 17.8. The van der Waals surface area contributed by atoms with Gasteiger partial charge >= 0.3 is 5.97 Å². The first-order chi connectivity index (χ1) is 13.2. The molecule has 6 unspecified atom stereocenters. The molecule has 3 rings (SSSR count). The smallest absolute Gasteiger partial charge is 0.305 e. The van der Waals surface area contributed by atoms with Gasteiger partial charge in [0.15, 0.2) is 0 Å². The highest BCUT2D eigenvalue weighted by atomic mass is 16.5. The average molecular weight is 393 g/mol. The summed E-state index contributed by atoms with van der Waals surface area (Å²) in [6, 6.07) is 0. The van der Waals surface area contributed by atoms with E-state index in [0.29, 0.717) is 24.5 Å². The summed E-state index contributed by atoms with van der Waals surface area (Å²) in [7, 11) is 1.41. The number of carbonyl (C=O) groups excluding carboxylic acids is 2. The van der Waals surface area contributed by atoms with Gasteiger partial charge in [-0.05, 0) is 74.5 Å². The number of ether oxygens (including phenoxy) is 1. The highest BCUT2D eigenvalue weighted by Crippen LogP contribution is 2.64. The van der Waals surface area contributed by atoms with Gasteiger partial charge < -0.3 is 14.9 Å². The Bertz CT molecular complexity index is 668. The van der Waals surface area contributed by atoms with E-state index in [4.69, 9.17) is 4.74 Å². The van der Waals surface area contributed by atoms with Gasteiger partial charge in [0.1, 0.15) is 5.78 Å². The molecule has 3 aliphatic carbocycles. The lowest BCUT2D eigenvalue weighted by molar-refractivity contribution is -0.141. The first-order valence-electron chi connectivity index (χ1n) is 10.8. The zero-order chi connectivity index (χ0) is 20.7. The predicted octanol–water partition coefficient (Wildman–Crippen LogP) is 3.42. The Kier molecular flexibility index (Phi) is 6.07. The fourth-order valence-electron chi connectivity index (χ4n) is 6.96. The van der Waals surface area contributed by atoms with Crippen molar-refractivity contribution in [3.05, 3.63) is 11.1 Å². The van der Waals surface area contributed by atoms with Crippen LogP contribution in [0.1, 0.15) is 72.1 Å². The van der Waals surface area contributed by atoms with E-state index >= 15 is 0 Å². The van der Waals surface area contributed by atoms with E-state index in [1.54, 1.807) is 6.92 Å². The number of hydrogen-bond donors (Lipinski definition) is 2. The number of aliphatic hydroxyl groups excluding tert-OH is 2. The Morgan fingerprint density at radius 3 is 2.54 bits per heavy atom. The molecule has 0 amide bonds. The quantitative estimate of drug-likeness (QED) is 0.534. The van der Waals surface area contributed by atoms with Gasteiger partial charge in [-0.2, -0.15) is 0 Å². The van der Waals surface area contributed by atoms with Gasteiger partial charge in [0, 0.05) is 12.3 Å². The fraction of sp³-hybridized carbons (Fsp3) is 0.826. The minimum absolute atomic E-state index is 0.0381. The van der Waals surface area contributed by atoms with Crippen molar-refractivity contribution in [1.29, 1.82) is 0 Å². The minimum atomic E-state index is -0.779. The Labute approximate surface area is 168 Å². The Morgan fingerprint density at radius 2 is 1.93 bits per heavy atom. The van der Waals surface area contributed by atoms with Crippen molar-refractivity contribution < 1.29 is 24.5 Å². The van der Waals surface area contributed by atoms with Gasteiger partial charge in [0.2, 0.25) is 0 Å². The number of fused-ring (bicyclic) bond motifs is 2. The second-order valence-corrected chi connectivity index (χ2v) is 9.69. The van der Waals surface area contributed by atoms with Gasteiger partial charge in [0.05, 0.1) is 19.8 Å². The van der Waals surface area contributed by atoms with E-state index in [1.165, 1.54) is 18.3 Å². The molecule has 0 aliphatic heterocycles. The second kappa shape index (κ2) is 7.91. The van der Waals surface area contributed by atoms with E-state index in [-0.39, 0.29) is 35.2 Å². The number of hydrogen-bond acceptors (Lipinski definition) is 5. The summed E-state index contributed by atoms with van der Waals surface area (Å²) in [4.78, 5) is 24.1. The third kappa shape index (κ3) is 3.35. The van der Waals surface area contributed by atoms with Gasteiger partial charge in [-0.3, -0.25) is 9.59 Å². The number of methoxy groups -OCH3 is 1. The molecule has 0 saturated heterocycles. The van der Waals surface area contributed by atoms with E-state index in [0.717, 1.165) is 38.5 Å². The van der Waals surface area contributed by atoms with Crippen molar-refractivity contribution in [2.24, 2.45) is 28.6 Å². The fourth-order valence-corrected chi connectivity index (χ4v) is 6.96. The van der Waals surface area contributed by atoms with Crippen LogP contribution in [0.15, 0.2) is 11.1 Å². The van der Waals surface area contributed by atoms with Crippen molar-refractivity contribution in [2.45, 2.75) is 78.2 Å². The van der Waals surface area contributed by atoms with E-state index in [2.05, 4.69) is 13.8 Å². The number of allylic oxidation sites excluding steroid dienone is 2. The van der Waals surface area contributed by atoms with Crippen LogP contribution in [0, 0.1) is 28.6 Å². The molecule has 0 aromatic carbocycles.